The average molecular weight is 203 g/mol. The van der Waals surface area contributed by atoms with Gasteiger partial charge >= 0.3 is 0 Å². The molecule has 0 aromatic heterocycles. The maximum absolute atomic E-state index is 3.75. The van der Waals surface area contributed by atoms with E-state index in [1.807, 2.05) is 6.08 Å². The minimum absolute atomic E-state index is 0.522. The second kappa shape index (κ2) is 6.41. The molecule has 2 atom stereocenters. The third-order valence-corrected chi connectivity index (χ3v) is 2.66. The van der Waals surface area contributed by atoms with Crippen molar-refractivity contribution in [1.82, 2.24) is 5.32 Å². The SMILES string of the molecule is C=CCC(C)NCC(C)c1ccccc1. The molecule has 82 valence electrons. The maximum Gasteiger partial charge on any atom is 0.00733 e. The molecular formula is C14H21N. The van der Waals surface area contributed by atoms with E-state index in [9.17, 15) is 0 Å². The summed E-state index contributed by atoms with van der Waals surface area (Å²) in [5.41, 5.74) is 1.40. The summed E-state index contributed by atoms with van der Waals surface area (Å²) in [6, 6.07) is 11.1. The molecule has 0 saturated heterocycles. The zero-order valence-corrected chi connectivity index (χ0v) is 9.74. The van der Waals surface area contributed by atoms with Gasteiger partial charge in [-0.3, -0.25) is 0 Å². The fourth-order valence-electron chi connectivity index (χ4n) is 1.61. The third kappa shape index (κ3) is 4.30. The van der Waals surface area contributed by atoms with Gasteiger partial charge < -0.3 is 5.32 Å². The Morgan fingerprint density at radius 2 is 1.93 bits per heavy atom. The Labute approximate surface area is 93.2 Å². The molecule has 1 N–H and O–H groups in total. The molecule has 0 fully saturated rings. The minimum Gasteiger partial charge on any atom is -0.313 e. The summed E-state index contributed by atoms with van der Waals surface area (Å²) in [7, 11) is 0. The van der Waals surface area contributed by atoms with Gasteiger partial charge in [-0.1, -0.05) is 43.3 Å². The fourth-order valence-corrected chi connectivity index (χ4v) is 1.61. The molecule has 0 bridgehead atoms. The van der Waals surface area contributed by atoms with Crippen molar-refractivity contribution in [2.75, 3.05) is 6.54 Å². The molecule has 1 heteroatoms. The van der Waals surface area contributed by atoms with E-state index < -0.39 is 0 Å². The van der Waals surface area contributed by atoms with Crippen LogP contribution in [-0.4, -0.2) is 12.6 Å². The smallest absolute Gasteiger partial charge is 0.00733 e. The molecule has 15 heavy (non-hydrogen) atoms. The van der Waals surface area contributed by atoms with Gasteiger partial charge in [0.25, 0.3) is 0 Å². The predicted molar refractivity (Wildman–Crippen MR) is 67.1 cm³/mol. The highest BCUT2D eigenvalue weighted by molar-refractivity contribution is 5.18. The van der Waals surface area contributed by atoms with E-state index in [2.05, 4.69) is 56.1 Å². The van der Waals surface area contributed by atoms with E-state index >= 15 is 0 Å². The number of nitrogens with one attached hydrogen (secondary N) is 1. The van der Waals surface area contributed by atoms with Crippen LogP contribution in [0.1, 0.15) is 31.7 Å². The van der Waals surface area contributed by atoms with Crippen LogP contribution in [0.5, 0.6) is 0 Å². The van der Waals surface area contributed by atoms with Crippen molar-refractivity contribution < 1.29 is 0 Å². The molecule has 1 rings (SSSR count). The molecule has 2 unspecified atom stereocenters. The lowest BCUT2D eigenvalue weighted by atomic mass is 10.0. The van der Waals surface area contributed by atoms with Crippen LogP contribution >= 0.6 is 0 Å². The van der Waals surface area contributed by atoms with Crippen molar-refractivity contribution in [2.24, 2.45) is 0 Å². The second-order valence-electron chi connectivity index (χ2n) is 4.15. The average Bonchev–Trinajstić information content (AvgIpc) is 2.27. The van der Waals surface area contributed by atoms with E-state index in [0.717, 1.165) is 13.0 Å². The standard InChI is InChI=1S/C14H21N/c1-4-8-13(3)15-11-12(2)14-9-6-5-7-10-14/h4-7,9-10,12-13,15H,1,8,11H2,2-3H3. The van der Waals surface area contributed by atoms with Crippen LogP contribution in [-0.2, 0) is 0 Å². The number of hydrogen-bond acceptors (Lipinski definition) is 1. The molecule has 0 spiro atoms. The van der Waals surface area contributed by atoms with E-state index in [0.29, 0.717) is 12.0 Å². The highest BCUT2D eigenvalue weighted by Gasteiger charge is 2.05. The summed E-state index contributed by atoms with van der Waals surface area (Å²) in [6.45, 7) is 9.22. The van der Waals surface area contributed by atoms with Crippen LogP contribution in [0, 0.1) is 0 Å². The maximum atomic E-state index is 3.75. The summed E-state index contributed by atoms with van der Waals surface area (Å²) in [5, 5.41) is 3.51. The Kier molecular flexibility index (Phi) is 5.13. The summed E-state index contributed by atoms with van der Waals surface area (Å²) in [5.74, 6) is 0.568. The highest BCUT2D eigenvalue weighted by atomic mass is 14.9. The number of rotatable bonds is 6. The van der Waals surface area contributed by atoms with Crippen LogP contribution < -0.4 is 5.32 Å². The predicted octanol–water partition coefficient (Wildman–Crippen LogP) is 3.34. The van der Waals surface area contributed by atoms with Crippen LogP contribution in [0.2, 0.25) is 0 Å². The molecule has 1 nitrogen and oxygen atoms in total. The first-order chi connectivity index (χ1) is 7.24. The van der Waals surface area contributed by atoms with Crippen LogP contribution in [0.3, 0.4) is 0 Å². The van der Waals surface area contributed by atoms with Gasteiger partial charge in [0.05, 0.1) is 0 Å². The molecular weight excluding hydrogens is 182 g/mol. The first-order valence-electron chi connectivity index (χ1n) is 5.63. The summed E-state index contributed by atoms with van der Waals surface area (Å²) in [4.78, 5) is 0. The van der Waals surface area contributed by atoms with Gasteiger partial charge in [-0.05, 0) is 24.8 Å². The molecule has 0 aliphatic rings. The molecule has 1 aromatic carbocycles. The lowest BCUT2D eigenvalue weighted by Gasteiger charge is -2.16. The lowest BCUT2D eigenvalue weighted by molar-refractivity contribution is 0.523. The normalized spacial score (nSPS) is 14.5. The molecule has 0 radical (unpaired) electrons. The van der Waals surface area contributed by atoms with Crippen LogP contribution in [0.4, 0.5) is 0 Å². The van der Waals surface area contributed by atoms with Gasteiger partial charge in [-0.2, -0.15) is 0 Å². The van der Waals surface area contributed by atoms with Crippen LogP contribution in [0.15, 0.2) is 43.0 Å². The minimum atomic E-state index is 0.522. The first kappa shape index (κ1) is 12.0. The Balaban J connectivity index is 2.36. The van der Waals surface area contributed by atoms with Gasteiger partial charge in [0.1, 0.15) is 0 Å². The summed E-state index contributed by atoms with van der Waals surface area (Å²) in [6.07, 6.45) is 2.99. The van der Waals surface area contributed by atoms with Gasteiger partial charge in [-0.15, -0.1) is 6.58 Å². The van der Waals surface area contributed by atoms with Crippen molar-refractivity contribution in [3.63, 3.8) is 0 Å². The van der Waals surface area contributed by atoms with Gasteiger partial charge in [0, 0.05) is 12.6 Å². The highest BCUT2D eigenvalue weighted by Crippen LogP contribution is 2.13. The molecule has 0 amide bonds. The number of hydrogen-bond donors (Lipinski definition) is 1. The second-order valence-corrected chi connectivity index (χ2v) is 4.15. The van der Waals surface area contributed by atoms with Gasteiger partial charge in [0.15, 0.2) is 0 Å². The van der Waals surface area contributed by atoms with Crippen LogP contribution in [0.25, 0.3) is 0 Å². The van der Waals surface area contributed by atoms with Gasteiger partial charge in [-0.25, -0.2) is 0 Å². The topological polar surface area (TPSA) is 12.0 Å². The van der Waals surface area contributed by atoms with Gasteiger partial charge in [0.2, 0.25) is 0 Å². The molecule has 0 saturated carbocycles. The molecule has 0 heterocycles. The Morgan fingerprint density at radius 3 is 2.53 bits per heavy atom. The summed E-state index contributed by atoms with van der Waals surface area (Å²) >= 11 is 0. The molecule has 1 aromatic rings. The Bertz CT molecular complexity index is 279. The summed E-state index contributed by atoms with van der Waals surface area (Å²) < 4.78 is 0. The molecule has 0 aliphatic carbocycles. The Hall–Kier alpha value is -1.08. The van der Waals surface area contributed by atoms with E-state index in [1.54, 1.807) is 0 Å². The Morgan fingerprint density at radius 1 is 1.27 bits per heavy atom. The quantitative estimate of drug-likeness (QED) is 0.699. The van der Waals surface area contributed by atoms with Crippen molar-refractivity contribution >= 4 is 0 Å². The van der Waals surface area contributed by atoms with Crippen molar-refractivity contribution in [2.45, 2.75) is 32.2 Å². The fraction of sp³-hybridized carbons (Fsp3) is 0.429. The van der Waals surface area contributed by atoms with Crippen molar-refractivity contribution in [3.05, 3.63) is 48.6 Å². The van der Waals surface area contributed by atoms with E-state index in [4.69, 9.17) is 0 Å². The largest absolute Gasteiger partial charge is 0.313 e. The zero-order valence-electron chi connectivity index (χ0n) is 9.74. The zero-order chi connectivity index (χ0) is 11.1. The third-order valence-electron chi connectivity index (χ3n) is 2.66. The van der Waals surface area contributed by atoms with E-state index in [1.165, 1.54) is 5.56 Å². The molecule has 0 aliphatic heterocycles. The lowest BCUT2D eigenvalue weighted by Crippen LogP contribution is -2.29. The monoisotopic (exact) mass is 203 g/mol. The van der Waals surface area contributed by atoms with Crippen molar-refractivity contribution in [1.29, 1.82) is 0 Å². The van der Waals surface area contributed by atoms with Crippen molar-refractivity contribution in [3.8, 4) is 0 Å². The van der Waals surface area contributed by atoms with E-state index in [-0.39, 0.29) is 0 Å². The first-order valence-corrected chi connectivity index (χ1v) is 5.63. The number of benzene rings is 1.